The fourth-order valence-corrected chi connectivity index (χ4v) is 3.50. The monoisotopic (exact) mass is 262 g/mol. The van der Waals surface area contributed by atoms with E-state index in [-0.39, 0.29) is 17.9 Å². The van der Waals surface area contributed by atoms with Gasteiger partial charge in [0.2, 0.25) is 5.91 Å². The Hall–Kier alpha value is -1.62. The standard InChI is InChI=1S/C13H14N2O2S/c1-7(2)15-9-4-5-18-12(9)8-6-10(16)14(3)13(17)11(8)15/h4-5,7H,6H2,1-3H3. The van der Waals surface area contributed by atoms with Gasteiger partial charge in [-0.05, 0) is 25.3 Å². The number of amides is 2. The number of nitrogens with zero attached hydrogens (tertiary/aromatic N) is 2. The van der Waals surface area contributed by atoms with Crippen molar-refractivity contribution in [2.24, 2.45) is 0 Å². The molecule has 1 aliphatic heterocycles. The summed E-state index contributed by atoms with van der Waals surface area (Å²) in [5.74, 6) is -0.304. The minimum Gasteiger partial charge on any atom is -0.333 e. The number of carbonyl (C=O) groups is 2. The largest absolute Gasteiger partial charge is 0.333 e. The zero-order valence-electron chi connectivity index (χ0n) is 10.6. The van der Waals surface area contributed by atoms with Crippen LogP contribution in [0.4, 0.5) is 0 Å². The van der Waals surface area contributed by atoms with Crippen molar-refractivity contribution in [1.29, 1.82) is 0 Å². The van der Waals surface area contributed by atoms with Crippen LogP contribution < -0.4 is 0 Å². The van der Waals surface area contributed by atoms with Gasteiger partial charge in [0.15, 0.2) is 0 Å². The molecule has 2 aromatic rings. The number of imide groups is 1. The van der Waals surface area contributed by atoms with Crippen molar-refractivity contribution in [2.45, 2.75) is 26.3 Å². The minimum absolute atomic E-state index is 0.122. The molecule has 1 aliphatic rings. The van der Waals surface area contributed by atoms with Crippen molar-refractivity contribution in [3.8, 4) is 0 Å². The van der Waals surface area contributed by atoms with Gasteiger partial charge in [-0.3, -0.25) is 14.5 Å². The van der Waals surface area contributed by atoms with Crippen molar-refractivity contribution in [1.82, 2.24) is 9.47 Å². The van der Waals surface area contributed by atoms with Crippen LogP contribution in [-0.4, -0.2) is 28.3 Å². The molecule has 0 atom stereocenters. The van der Waals surface area contributed by atoms with Crippen LogP contribution in [0.2, 0.25) is 0 Å². The zero-order chi connectivity index (χ0) is 13.0. The number of thiophene rings is 1. The Morgan fingerprint density at radius 3 is 2.72 bits per heavy atom. The van der Waals surface area contributed by atoms with Crippen LogP contribution in [0.25, 0.3) is 10.2 Å². The Morgan fingerprint density at radius 1 is 1.33 bits per heavy atom. The lowest BCUT2D eigenvalue weighted by Crippen LogP contribution is -2.40. The van der Waals surface area contributed by atoms with E-state index in [1.165, 1.54) is 4.90 Å². The summed E-state index contributed by atoms with van der Waals surface area (Å²) in [4.78, 5) is 25.3. The first-order chi connectivity index (χ1) is 8.52. The lowest BCUT2D eigenvalue weighted by atomic mass is 10.1. The van der Waals surface area contributed by atoms with Gasteiger partial charge >= 0.3 is 0 Å². The van der Waals surface area contributed by atoms with Gasteiger partial charge in [0.05, 0.1) is 16.6 Å². The van der Waals surface area contributed by atoms with E-state index in [1.54, 1.807) is 18.4 Å². The van der Waals surface area contributed by atoms with Gasteiger partial charge in [-0.25, -0.2) is 0 Å². The third-order valence-electron chi connectivity index (χ3n) is 3.43. The third kappa shape index (κ3) is 1.31. The molecule has 2 aromatic heterocycles. The Balaban J connectivity index is 2.38. The second-order valence-corrected chi connectivity index (χ2v) is 5.78. The molecule has 0 bridgehead atoms. The average Bonchev–Trinajstić information content (AvgIpc) is 2.86. The van der Waals surface area contributed by atoms with Gasteiger partial charge in [-0.15, -0.1) is 11.3 Å². The number of hydrogen-bond donors (Lipinski definition) is 0. The summed E-state index contributed by atoms with van der Waals surface area (Å²) < 4.78 is 3.13. The Labute approximate surface area is 109 Å². The highest BCUT2D eigenvalue weighted by Crippen LogP contribution is 2.36. The van der Waals surface area contributed by atoms with Crippen LogP contribution in [0.5, 0.6) is 0 Å². The molecule has 0 radical (unpaired) electrons. The summed E-state index contributed by atoms with van der Waals surface area (Å²) in [7, 11) is 1.55. The zero-order valence-corrected chi connectivity index (χ0v) is 11.4. The molecule has 0 spiro atoms. The van der Waals surface area contributed by atoms with Crippen molar-refractivity contribution in [2.75, 3.05) is 7.05 Å². The fourth-order valence-electron chi connectivity index (χ4n) is 2.57. The van der Waals surface area contributed by atoms with E-state index in [2.05, 4.69) is 13.8 Å². The Morgan fingerprint density at radius 2 is 2.06 bits per heavy atom. The minimum atomic E-state index is -0.182. The van der Waals surface area contributed by atoms with E-state index in [4.69, 9.17) is 0 Å². The number of fused-ring (bicyclic) bond motifs is 3. The molecule has 18 heavy (non-hydrogen) atoms. The van der Waals surface area contributed by atoms with Gasteiger partial charge in [-0.2, -0.15) is 0 Å². The molecule has 4 nitrogen and oxygen atoms in total. The summed E-state index contributed by atoms with van der Waals surface area (Å²) in [5, 5.41) is 2.01. The maximum Gasteiger partial charge on any atom is 0.277 e. The van der Waals surface area contributed by atoms with Crippen LogP contribution >= 0.6 is 11.3 Å². The van der Waals surface area contributed by atoms with Crippen LogP contribution in [0, 0.1) is 0 Å². The topological polar surface area (TPSA) is 42.3 Å². The molecule has 0 unspecified atom stereocenters. The lowest BCUT2D eigenvalue weighted by molar-refractivity contribution is -0.127. The molecule has 94 valence electrons. The molecule has 3 heterocycles. The third-order valence-corrected chi connectivity index (χ3v) is 4.39. The normalized spacial score (nSPS) is 15.9. The first kappa shape index (κ1) is 11.5. The highest BCUT2D eigenvalue weighted by atomic mass is 32.1. The quantitative estimate of drug-likeness (QED) is 0.741. The van der Waals surface area contributed by atoms with Gasteiger partial charge in [0, 0.05) is 18.7 Å². The molecule has 0 saturated carbocycles. The number of carbonyl (C=O) groups excluding carboxylic acids is 2. The number of likely N-dealkylation sites (N-methyl/N-ethyl adjacent to an activating group) is 1. The predicted octanol–water partition coefficient (Wildman–Crippen LogP) is 2.44. The molecule has 2 amide bonds. The summed E-state index contributed by atoms with van der Waals surface area (Å²) >= 11 is 1.60. The number of rotatable bonds is 1. The fraction of sp³-hybridized carbons (Fsp3) is 0.385. The Kier molecular flexibility index (Phi) is 2.35. The van der Waals surface area contributed by atoms with E-state index >= 15 is 0 Å². The number of aromatic nitrogens is 1. The van der Waals surface area contributed by atoms with Gasteiger partial charge in [-0.1, -0.05) is 0 Å². The van der Waals surface area contributed by atoms with E-state index in [0.29, 0.717) is 12.1 Å². The van der Waals surface area contributed by atoms with Crippen molar-refractivity contribution in [3.63, 3.8) is 0 Å². The molecule has 0 aliphatic carbocycles. The van der Waals surface area contributed by atoms with Crippen LogP contribution in [-0.2, 0) is 11.2 Å². The van der Waals surface area contributed by atoms with Crippen LogP contribution in [0.1, 0.15) is 35.9 Å². The highest BCUT2D eigenvalue weighted by molar-refractivity contribution is 7.17. The SMILES string of the molecule is CC(C)n1c2c(c3sccc31)CC(=O)N(C)C2=O. The van der Waals surface area contributed by atoms with Gasteiger partial charge < -0.3 is 4.57 Å². The van der Waals surface area contributed by atoms with Gasteiger partial charge in [0.1, 0.15) is 5.69 Å². The summed E-state index contributed by atoms with van der Waals surface area (Å²) in [6, 6.07) is 2.23. The maximum atomic E-state index is 12.3. The van der Waals surface area contributed by atoms with E-state index in [0.717, 1.165) is 15.8 Å². The molecule has 5 heteroatoms. The highest BCUT2D eigenvalue weighted by Gasteiger charge is 2.34. The first-order valence-electron chi connectivity index (χ1n) is 5.93. The maximum absolute atomic E-state index is 12.3. The molecular formula is C13H14N2O2S. The average molecular weight is 262 g/mol. The second kappa shape index (κ2) is 3.68. The summed E-state index contributed by atoms with van der Waals surface area (Å²) in [5.41, 5.74) is 2.66. The van der Waals surface area contributed by atoms with E-state index in [1.807, 2.05) is 16.0 Å². The van der Waals surface area contributed by atoms with Crippen molar-refractivity contribution < 1.29 is 9.59 Å². The number of hydrogen-bond acceptors (Lipinski definition) is 3. The smallest absolute Gasteiger partial charge is 0.277 e. The van der Waals surface area contributed by atoms with Crippen LogP contribution in [0.15, 0.2) is 11.4 Å². The summed E-state index contributed by atoms with van der Waals surface area (Å²) in [6.45, 7) is 4.11. The summed E-state index contributed by atoms with van der Waals surface area (Å²) in [6.07, 6.45) is 0.328. The molecule has 3 rings (SSSR count). The van der Waals surface area contributed by atoms with E-state index in [9.17, 15) is 9.59 Å². The molecule has 0 fully saturated rings. The molecule has 0 N–H and O–H groups in total. The molecule has 0 aromatic carbocycles. The lowest BCUT2D eigenvalue weighted by Gasteiger charge is -2.24. The second-order valence-electron chi connectivity index (χ2n) is 4.86. The first-order valence-corrected chi connectivity index (χ1v) is 6.81. The Bertz CT molecular complexity index is 666. The van der Waals surface area contributed by atoms with E-state index < -0.39 is 0 Å². The predicted molar refractivity (Wildman–Crippen MR) is 71.0 cm³/mol. The molecular weight excluding hydrogens is 248 g/mol. The molecule has 0 saturated heterocycles. The van der Waals surface area contributed by atoms with Crippen LogP contribution in [0.3, 0.4) is 0 Å². The van der Waals surface area contributed by atoms with Crippen molar-refractivity contribution in [3.05, 3.63) is 22.7 Å². The van der Waals surface area contributed by atoms with Crippen molar-refractivity contribution >= 4 is 33.4 Å². The van der Waals surface area contributed by atoms with Gasteiger partial charge in [0.25, 0.3) is 5.91 Å².